The number of amides is 1. The molecule has 0 saturated heterocycles. The monoisotopic (exact) mass is 485 g/mol. The van der Waals surface area contributed by atoms with Crippen molar-refractivity contribution in [2.24, 2.45) is 0 Å². The van der Waals surface area contributed by atoms with Gasteiger partial charge in [0.15, 0.2) is 12.4 Å². The van der Waals surface area contributed by atoms with E-state index in [1.165, 1.54) is 25.3 Å². The van der Waals surface area contributed by atoms with Crippen LogP contribution in [0.3, 0.4) is 0 Å². The van der Waals surface area contributed by atoms with E-state index in [4.69, 9.17) is 13.9 Å². The number of fused-ring (bicyclic) bond motifs is 2. The fourth-order valence-corrected chi connectivity index (χ4v) is 4.40. The number of phenolic OH excluding ortho intramolecular Hbond substituents is 1. The van der Waals surface area contributed by atoms with E-state index in [9.17, 15) is 19.5 Å². The SMILES string of the molecule is COc1ccc(-c2coc3cc(OCC(=O)c4ccc5c(c4)CCN5C(C)=O)cc(O)c3c2=O)cc1. The molecule has 1 aromatic heterocycles. The highest BCUT2D eigenvalue weighted by Crippen LogP contribution is 2.32. The Kier molecular flexibility index (Phi) is 5.93. The summed E-state index contributed by atoms with van der Waals surface area (Å²) in [5, 5.41) is 10.6. The van der Waals surface area contributed by atoms with Crippen LogP contribution in [-0.2, 0) is 11.2 Å². The van der Waals surface area contributed by atoms with E-state index < -0.39 is 0 Å². The average Bonchev–Trinajstić information content (AvgIpc) is 3.31. The molecule has 3 aromatic carbocycles. The van der Waals surface area contributed by atoms with Crippen molar-refractivity contribution in [3.05, 3.63) is 82.2 Å². The second-order valence-electron chi connectivity index (χ2n) is 8.50. The maximum Gasteiger partial charge on any atom is 0.223 e. The van der Waals surface area contributed by atoms with Crippen molar-refractivity contribution in [2.75, 3.05) is 25.2 Å². The number of hydrogen-bond donors (Lipinski definition) is 1. The van der Waals surface area contributed by atoms with Crippen LogP contribution in [0.5, 0.6) is 17.2 Å². The molecule has 0 fully saturated rings. The Labute approximate surface area is 206 Å². The number of carbonyl (C=O) groups is 2. The van der Waals surface area contributed by atoms with Crippen LogP contribution >= 0.6 is 0 Å². The summed E-state index contributed by atoms with van der Waals surface area (Å²) in [6, 6.07) is 14.9. The minimum Gasteiger partial charge on any atom is -0.507 e. The number of carbonyl (C=O) groups excluding carboxylic acids is 2. The molecule has 0 aliphatic carbocycles. The number of hydrogen-bond acceptors (Lipinski definition) is 7. The van der Waals surface area contributed by atoms with Crippen LogP contribution in [0.15, 0.2) is 70.1 Å². The summed E-state index contributed by atoms with van der Waals surface area (Å²) >= 11 is 0. The van der Waals surface area contributed by atoms with E-state index >= 15 is 0 Å². The molecule has 1 aliphatic heterocycles. The standard InChI is InChI=1S/C28H23NO7/c1-16(30)29-10-9-18-11-19(5-8-23(18)29)25(32)15-35-21-12-24(31)27-26(13-21)36-14-22(28(27)33)17-3-6-20(34-2)7-4-17/h3-8,11-14,31H,9-10,15H2,1-2H3. The molecule has 5 rings (SSSR count). The summed E-state index contributed by atoms with van der Waals surface area (Å²) in [5.41, 5.74) is 2.90. The van der Waals surface area contributed by atoms with Gasteiger partial charge in [-0.15, -0.1) is 0 Å². The average molecular weight is 485 g/mol. The van der Waals surface area contributed by atoms with E-state index in [2.05, 4.69) is 0 Å². The molecule has 8 nitrogen and oxygen atoms in total. The Hall–Kier alpha value is -4.59. The van der Waals surface area contributed by atoms with Gasteiger partial charge in [-0.1, -0.05) is 12.1 Å². The minimum atomic E-state index is -0.390. The molecule has 36 heavy (non-hydrogen) atoms. The first kappa shape index (κ1) is 23.2. The van der Waals surface area contributed by atoms with Crippen molar-refractivity contribution in [3.63, 3.8) is 0 Å². The van der Waals surface area contributed by atoms with Gasteiger partial charge in [0, 0.05) is 36.9 Å². The van der Waals surface area contributed by atoms with Gasteiger partial charge in [-0.25, -0.2) is 0 Å². The van der Waals surface area contributed by atoms with E-state index in [0.717, 1.165) is 11.3 Å². The molecule has 1 amide bonds. The number of anilines is 1. The zero-order valence-corrected chi connectivity index (χ0v) is 19.7. The van der Waals surface area contributed by atoms with Crippen LogP contribution in [-0.4, -0.2) is 37.1 Å². The van der Waals surface area contributed by atoms with Gasteiger partial charge in [-0.05, 0) is 47.9 Å². The third-order valence-corrected chi connectivity index (χ3v) is 6.28. The van der Waals surface area contributed by atoms with Gasteiger partial charge in [0.2, 0.25) is 11.3 Å². The Balaban J connectivity index is 1.35. The smallest absolute Gasteiger partial charge is 0.223 e. The normalized spacial score (nSPS) is 12.4. The van der Waals surface area contributed by atoms with Crippen LogP contribution in [0.2, 0.25) is 0 Å². The number of ketones is 1. The lowest BCUT2D eigenvalue weighted by Crippen LogP contribution is -2.25. The quantitative estimate of drug-likeness (QED) is 0.405. The molecular formula is C28H23NO7. The van der Waals surface area contributed by atoms with Gasteiger partial charge < -0.3 is 23.9 Å². The molecule has 1 N–H and O–H groups in total. The van der Waals surface area contributed by atoms with Crippen LogP contribution < -0.4 is 19.8 Å². The van der Waals surface area contributed by atoms with Crippen LogP contribution in [0.1, 0.15) is 22.8 Å². The zero-order valence-electron chi connectivity index (χ0n) is 19.7. The van der Waals surface area contributed by atoms with Gasteiger partial charge in [-0.3, -0.25) is 14.4 Å². The molecule has 0 atom stereocenters. The lowest BCUT2D eigenvalue weighted by molar-refractivity contribution is -0.116. The Bertz CT molecular complexity index is 1550. The fourth-order valence-electron chi connectivity index (χ4n) is 4.40. The first-order valence-electron chi connectivity index (χ1n) is 11.4. The van der Waals surface area contributed by atoms with Crippen molar-refractivity contribution in [3.8, 4) is 28.4 Å². The zero-order chi connectivity index (χ0) is 25.4. The van der Waals surface area contributed by atoms with E-state index in [1.807, 2.05) is 0 Å². The summed E-state index contributed by atoms with van der Waals surface area (Å²) in [5.74, 6) is 0.254. The first-order valence-corrected chi connectivity index (χ1v) is 11.4. The molecule has 0 spiro atoms. The van der Waals surface area contributed by atoms with Crippen molar-refractivity contribution >= 4 is 28.3 Å². The summed E-state index contributed by atoms with van der Waals surface area (Å²) in [4.78, 5) is 39.2. The summed E-state index contributed by atoms with van der Waals surface area (Å²) in [6.07, 6.45) is 2.02. The summed E-state index contributed by atoms with van der Waals surface area (Å²) < 4.78 is 16.4. The topological polar surface area (TPSA) is 106 Å². The highest BCUT2D eigenvalue weighted by Gasteiger charge is 2.23. The number of Topliss-reactive ketones (excluding diaryl/α,β-unsaturated/α-hetero) is 1. The lowest BCUT2D eigenvalue weighted by Gasteiger charge is -2.14. The predicted molar refractivity (Wildman–Crippen MR) is 134 cm³/mol. The fraction of sp³-hybridized carbons (Fsp3) is 0.179. The van der Waals surface area contributed by atoms with Gasteiger partial charge >= 0.3 is 0 Å². The lowest BCUT2D eigenvalue weighted by atomic mass is 10.0. The second-order valence-corrected chi connectivity index (χ2v) is 8.50. The predicted octanol–water partition coefficient (Wildman–Crippen LogP) is 4.34. The maximum absolute atomic E-state index is 13.1. The Morgan fingerprint density at radius 2 is 1.83 bits per heavy atom. The number of methoxy groups -OCH3 is 1. The first-order chi connectivity index (χ1) is 17.4. The second kappa shape index (κ2) is 9.22. The third-order valence-electron chi connectivity index (χ3n) is 6.28. The number of ether oxygens (including phenoxy) is 2. The van der Waals surface area contributed by atoms with E-state index in [1.54, 1.807) is 54.5 Å². The number of aromatic hydroxyl groups is 1. The molecule has 4 aromatic rings. The van der Waals surface area contributed by atoms with E-state index in [0.29, 0.717) is 35.4 Å². The molecule has 0 bridgehead atoms. The van der Waals surface area contributed by atoms with Crippen molar-refractivity contribution in [1.29, 1.82) is 0 Å². The molecular weight excluding hydrogens is 462 g/mol. The van der Waals surface area contributed by atoms with Crippen molar-refractivity contribution in [1.82, 2.24) is 0 Å². The summed E-state index contributed by atoms with van der Waals surface area (Å²) in [7, 11) is 1.56. The molecule has 1 aliphatic rings. The Morgan fingerprint density at radius 3 is 2.56 bits per heavy atom. The van der Waals surface area contributed by atoms with Crippen molar-refractivity contribution in [2.45, 2.75) is 13.3 Å². The third kappa shape index (κ3) is 4.17. The van der Waals surface area contributed by atoms with Gasteiger partial charge in [0.1, 0.15) is 34.5 Å². The number of phenols is 1. The van der Waals surface area contributed by atoms with Gasteiger partial charge in [0.25, 0.3) is 0 Å². The van der Waals surface area contributed by atoms with Gasteiger partial charge in [-0.2, -0.15) is 0 Å². The molecule has 8 heteroatoms. The number of benzene rings is 3. The highest BCUT2D eigenvalue weighted by atomic mass is 16.5. The summed E-state index contributed by atoms with van der Waals surface area (Å²) in [6.45, 7) is 1.85. The molecule has 0 radical (unpaired) electrons. The van der Waals surface area contributed by atoms with Gasteiger partial charge in [0.05, 0.1) is 12.7 Å². The molecule has 0 saturated carbocycles. The number of nitrogens with zero attached hydrogens (tertiary/aromatic N) is 1. The minimum absolute atomic E-state index is 0.0237. The molecule has 2 heterocycles. The largest absolute Gasteiger partial charge is 0.507 e. The van der Waals surface area contributed by atoms with Crippen LogP contribution in [0.25, 0.3) is 22.1 Å². The Morgan fingerprint density at radius 1 is 1.06 bits per heavy atom. The maximum atomic E-state index is 13.1. The highest BCUT2D eigenvalue weighted by molar-refractivity contribution is 5.99. The molecule has 0 unspecified atom stereocenters. The van der Waals surface area contributed by atoms with Crippen molar-refractivity contribution < 1.29 is 28.6 Å². The number of rotatable bonds is 6. The van der Waals surface area contributed by atoms with E-state index in [-0.39, 0.29) is 46.2 Å². The van der Waals surface area contributed by atoms with Crippen LogP contribution in [0, 0.1) is 0 Å². The molecule has 182 valence electrons. The van der Waals surface area contributed by atoms with Crippen LogP contribution in [0.4, 0.5) is 5.69 Å².